The summed E-state index contributed by atoms with van der Waals surface area (Å²) in [6.07, 6.45) is 8.22. The Morgan fingerprint density at radius 1 is 0.742 bits per heavy atom. The first-order valence-electron chi connectivity index (χ1n) is 8.58. The molecule has 10 nitrogen and oxygen atoms in total. The third kappa shape index (κ3) is 5.70. The number of carbonyl (C=O) groups is 6. The Balaban J connectivity index is 0.000000256. The van der Waals surface area contributed by atoms with Crippen molar-refractivity contribution in [2.45, 2.75) is 0 Å². The zero-order chi connectivity index (χ0) is 23.0. The van der Waals surface area contributed by atoms with Crippen LogP contribution in [0.4, 0.5) is 11.4 Å². The van der Waals surface area contributed by atoms with E-state index in [4.69, 9.17) is 0 Å². The van der Waals surface area contributed by atoms with Crippen LogP contribution in [0.3, 0.4) is 0 Å². The van der Waals surface area contributed by atoms with Crippen molar-refractivity contribution in [2.24, 2.45) is 0 Å². The Bertz CT molecular complexity index is 942. The second-order valence-corrected chi connectivity index (χ2v) is 5.69. The van der Waals surface area contributed by atoms with E-state index < -0.39 is 35.6 Å². The molecule has 0 atom stereocenters. The van der Waals surface area contributed by atoms with Crippen LogP contribution < -0.4 is 9.80 Å². The molecule has 4 rings (SSSR count). The van der Waals surface area contributed by atoms with Gasteiger partial charge in [-0.05, 0) is 18.2 Å². The maximum atomic E-state index is 11.6. The number of rotatable bonds is 3. The summed E-state index contributed by atoms with van der Waals surface area (Å²) in [7, 11) is 1.56. The molecule has 3 heterocycles. The van der Waals surface area contributed by atoms with E-state index in [2.05, 4.69) is 16.1 Å². The van der Waals surface area contributed by atoms with Gasteiger partial charge in [-0.25, -0.2) is 19.4 Å². The second kappa shape index (κ2) is 10.3. The van der Waals surface area contributed by atoms with E-state index >= 15 is 0 Å². The minimum Gasteiger partial charge on any atom is -0.505 e. The van der Waals surface area contributed by atoms with E-state index in [1.54, 1.807) is 25.3 Å². The summed E-state index contributed by atoms with van der Waals surface area (Å²) < 4.78 is 8.28. The van der Waals surface area contributed by atoms with Gasteiger partial charge in [0.15, 0.2) is 0 Å². The second-order valence-electron chi connectivity index (χ2n) is 5.69. The monoisotopic (exact) mass is 424 g/mol. The van der Waals surface area contributed by atoms with Crippen molar-refractivity contribution >= 4 is 46.9 Å². The number of carbonyl (C=O) groups excluding carboxylic acids is 6. The summed E-state index contributed by atoms with van der Waals surface area (Å²) in [6.45, 7) is 3.26. The third-order valence-corrected chi connectivity index (χ3v) is 3.69. The summed E-state index contributed by atoms with van der Waals surface area (Å²) in [5.74, 6) is -2.97. The number of benzene rings is 1. The number of imide groups is 2. The predicted octanol–water partition coefficient (Wildman–Crippen LogP) is 0.948. The lowest BCUT2D eigenvalue weighted by Crippen LogP contribution is -2.31. The van der Waals surface area contributed by atoms with Gasteiger partial charge in [0.1, 0.15) is 0 Å². The normalized spacial score (nSPS) is 16.2. The molecule has 0 unspecified atom stereocenters. The van der Waals surface area contributed by atoms with Crippen LogP contribution in [0.5, 0.6) is 0 Å². The molecule has 4 amide bonds. The summed E-state index contributed by atoms with van der Waals surface area (Å²) >= 11 is 0. The molecule has 31 heavy (non-hydrogen) atoms. The molecule has 0 aliphatic carbocycles. The zero-order valence-corrected chi connectivity index (χ0v) is 16.2. The SMILES string of the molecule is C=COC.O=C1C=CC(=O)N1c1cccc(N2C(=O)C=CC2=O)c1.O=C1C=CC(=O)O1. The summed E-state index contributed by atoms with van der Waals surface area (Å²) in [5, 5.41) is 0. The summed E-state index contributed by atoms with van der Waals surface area (Å²) in [5.41, 5.74) is 0.630. The number of anilines is 2. The molecule has 0 saturated heterocycles. The first-order chi connectivity index (χ1) is 14.8. The number of amides is 4. The van der Waals surface area contributed by atoms with Gasteiger partial charge in [-0.15, -0.1) is 0 Å². The van der Waals surface area contributed by atoms with Crippen LogP contribution in [0, 0.1) is 0 Å². The number of hydrogen-bond donors (Lipinski definition) is 0. The number of hydrogen-bond acceptors (Lipinski definition) is 8. The molecule has 0 saturated carbocycles. The van der Waals surface area contributed by atoms with E-state index in [0.717, 1.165) is 22.0 Å². The maximum absolute atomic E-state index is 11.6. The summed E-state index contributed by atoms with van der Waals surface area (Å²) in [6, 6.07) is 6.14. The van der Waals surface area contributed by atoms with Crippen molar-refractivity contribution < 1.29 is 38.2 Å². The highest BCUT2D eigenvalue weighted by Gasteiger charge is 2.28. The highest BCUT2D eigenvalue weighted by atomic mass is 16.6. The fraction of sp³-hybridized carbons (Fsp3) is 0.0476. The van der Waals surface area contributed by atoms with Crippen LogP contribution in [0.1, 0.15) is 0 Å². The minimum absolute atomic E-state index is 0.315. The number of cyclic esters (lactones) is 2. The first-order valence-corrected chi connectivity index (χ1v) is 8.58. The molecule has 1 aromatic rings. The molecule has 3 aliphatic rings. The van der Waals surface area contributed by atoms with Gasteiger partial charge in [-0.3, -0.25) is 19.2 Å². The quantitative estimate of drug-likeness (QED) is 0.304. The van der Waals surface area contributed by atoms with E-state index in [-0.39, 0.29) is 0 Å². The zero-order valence-electron chi connectivity index (χ0n) is 16.2. The fourth-order valence-electron chi connectivity index (χ4n) is 2.38. The lowest BCUT2D eigenvalue weighted by Gasteiger charge is -2.18. The van der Waals surface area contributed by atoms with Gasteiger partial charge in [0.25, 0.3) is 23.6 Å². The largest absolute Gasteiger partial charge is 0.505 e. The Kier molecular flexibility index (Phi) is 7.51. The molecule has 0 N–H and O–H groups in total. The van der Waals surface area contributed by atoms with Crippen LogP contribution >= 0.6 is 0 Å². The van der Waals surface area contributed by atoms with E-state index in [1.807, 2.05) is 0 Å². The Morgan fingerprint density at radius 3 is 1.35 bits per heavy atom. The predicted molar refractivity (Wildman–Crippen MR) is 107 cm³/mol. The third-order valence-electron chi connectivity index (χ3n) is 3.69. The molecule has 0 spiro atoms. The van der Waals surface area contributed by atoms with E-state index in [1.165, 1.54) is 36.6 Å². The molecular weight excluding hydrogens is 408 g/mol. The first kappa shape index (κ1) is 22.7. The van der Waals surface area contributed by atoms with Crippen molar-refractivity contribution in [3.05, 3.63) is 73.6 Å². The van der Waals surface area contributed by atoms with Gasteiger partial charge in [0.2, 0.25) is 0 Å². The molecular formula is C21H16N2O8. The Morgan fingerprint density at radius 2 is 1.10 bits per heavy atom. The standard InChI is InChI=1S/C14H8N2O4.C4H2O3.C3H6O/c17-11-4-5-12(18)15(11)9-2-1-3-10(8-9)16-13(19)6-7-14(16)20;5-3-1-2-4(6)7-3;1-3-4-2/h1-8H;1-2H;3H,1H2,2H3. The summed E-state index contributed by atoms with van der Waals surface area (Å²) in [4.78, 5) is 68.2. The Hall–Kier alpha value is -4.60. The number of esters is 2. The van der Waals surface area contributed by atoms with Crippen LogP contribution in [-0.2, 0) is 38.2 Å². The number of methoxy groups -OCH3 is 1. The molecule has 1 aromatic carbocycles. The van der Waals surface area contributed by atoms with Crippen molar-refractivity contribution in [3.8, 4) is 0 Å². The average Bonchev–Trinajstić information content (AvgIpc) is 3.41. The van der Waals surface area contributed by atoms with Gasteiger partial charge in [-0.2, -0.15) is 0 Å². The van der Waals surface area contributed by atoms with Gasteiger partial charge < -0.3 is 9.47 Å². The molecule has 158 valence electrons. The van der Waals surface area contributed by atoms with Crippen LogP contribution in [0.25, 0.3) is 0 Å². The lowest BCUT2D eigenvalue weighted by molar-refractivity contribution is -0.150. The van der Waals surface area contributed by atoms with Crippen molar-refractivity contribution in [2.75, 3.05) is 16.9 Å². The Labute approximate surface area is 176 Å². The lowest BCUT2D eigenvalue weighted by atomic mass is 10.2. The van der Waals surface area contributed by atoms with Crippen LogP contribution in [-0.4, -0.2) is 42.7 Å². The van der Waals surface area contributed by atoms with Gasteiger partial charge in [-0.1, -0.05) is 12.6 Å². The minimum atomic E-state index is -0.579. The van der Waals surface area contributed by atoms with Crippen LogP contribution in [0.2, 0.25) is 0 Å². The smallest absolute Gasteiger partial charge is 0.338 e. The van der Waals surface area contributed by atoms with Gasteiger partial charge in [0.05, 0.1) is 24.7 Å². The van der Waals surface area contributed by atoms with Gasteiger partial charge >= 0.3 is 11.9 Å². The number of nitrogens with zero attached hydrogens (tertiary/aromatic N) is 2. The molecule has 3 aliphatic heterocycles. The number of ether oxygens (including phenoxy) is 2. The fourth-order valence-corrected chi connectivity index (χ4v) is 2.38. The van der Waals surface area contributed by atoms with Crippen molar-refractivity contribution in [1.29, 1.82) is 0 Å². The van der Waals surface area contributed by atoms with Crippen molar-refractivity contribution in [1.82, 2.24) is 0 Å². The highest BCUT2D eigenvalue weighted by molar-refractivity contribution is 6.30. The topological polar surface area (TPSA) is 127 Å². The highest BCUT2D eigenvalue weighted by Crippen LogP contribution is 2.26. The molecule has 0 bridgehead atoms. The average molecular weight is 424 g/mol. The molecule has 0 radical (unpaired) electrons. The molecule has 0 fully saturated rings. The van der Waals surface area contributed by atoms with E-state index in [9.17, 15) is 28.8 Å². The van der Waals surface area contributed by atoms with E-state index in [0.29, 0.717) is 11.4 Å². The maximum Gasteiger partial charge on any atom is 0.338 e. The van der Waals surface area contributed by atoms with Gasteiger partial charge in [0, 0.05) is 36.5 Å². The van der Waals surface area contributed by atoms with Crippen LogP contribution in [0.15, 0.2) is 73.6 Å². The molecule has 10 heteroatoms. The van der Waals surface area contributed by atoms with Crippen molar-refractivity contribution in [3.63, 3.8) is 0 Å². The molecule has 0 aromatic heterocycles.